The normalized spacial score (nSPS) is 11.7. The van der Waals surface area contributed by atoms with Crippen LogP contribution in [-0.2, 0) is 11.3 Å². The summed E-state index contributed by atoms with van der Waals surface area (Å²) in [6.45, 7) is 8.21. The maximum atomic E-state index is 12.4. The number of thioether (sulfide) groups is 1. The van der Waals surface area contributed by atoms with E-state index in [1.54, 1.807) is 24.3 Å². The first-order valence-corrected chi connectivity index (χ1v) is 11.3. The highest BCUT2D eigenvalue weighted by atomic mass is 35.5. The van der Waals surface area contributed by atoms with Gasteiger partial charge in [0.05, 0.1) is 21.5 Å². The Labute approximate surface area is 195 Å². The number of para-hydroxylation sites is 1. The highest BCUT2D eigenvalue weighted by molar-refractivity contribution is 7.99. The highest BCUT2D eigenvalue weighted by Crippen LogP contribution is 2.30. The fourth-order valence-corrected chi connectivity index (χ4v) is 3.96. The lowest BCUT2D eigenvalue weighted by atomic mass is 10.2. The number of nitrogens with zero attached hydrogens (tertiary/aromatic N) is 3. The zero-order chi connectivity index (χ0) is 22.4. The number of benzene rings is 2. The first-order chi connectivity index (χ1) is 14.9. The van der Waals surface area contributed by atoms with E-state index in [0.717, 1.165) is 11.3 Å². The van der Waals surface area contributed by atoms with Gasteiger partial charge in [-0.2, -0.15) is 0 Å². The maximum absolute atomic E-state index is 12.4. The van der Waals surface area contributed by atoms with Crippen molar-refractivity contribution in [1.29, 1.82) is 0 Å². The number of halogens is 2. The van der Waals surface area contributed by atoms with E-state index < -0.39 is 0 Å². The summed E-state index contributed by atoms with van der Waals surface area (Å²) in [5.41, 5.74) is 1.50. The van der Waals surface area contributed by atoms with Gasteiger partial charge in [-0.1, -0.05) is 65.3 Å². The minimum absolute atomic E-state index is 0.130. The third-order valence-electron chi connectivity index (χ3n) is 4.38. The van der Waals surface area contributed by atoms with Gasteiger partial charge in [0.15, 0.2) is 17.1 Å². The van der Waals surface area contributed by atoms with E-state index in [4.69, 9.17) is 27.9 Å². The molecule has 0 radical (unpaired) electrons. The second kappa shape index (κ2) is 10.7. The number of rotatable bonds is 9. The monoisotopic (exact) mass is 476 g/mol. The molecule has 0 spiro atoms. The molecule has 1 heterocycles. The van der Waals surface area contributed by atoms with Gasteiger partial charge in [0.1, 0.15) is 5.75 Å². The molecule has 3 aromatic rings. The maximum Gasteiger partial charge on any atom is 0.234 e. The number of hydrogen-bond acceptors (Lipinski definition) is 5. The second-order valence-electron chi connectivity index (χ2n) is 6.70. The zero-order valence-corrected chi connectivity index (χ0v) is 19.5. The lowest BCUT2D eigenvalue weighted by Gasteiger charge is -2.17. The molecule has 1 N–H and O–H groups in total. The van der Waals surface area contributed by atoms with Gasteiger partial charge in [-0.25, -0.2) is 0 Å². The SMILES string of the molecule is C=CCn1c(SCC(=O)Nc2cccc(Cl)c2Cl)nnc1C(C)Oc1ccccc1C. The van der Waals surface area contributed by atoms with E-state index in [9.17, 15) is 4.79 Å². The molecule has 0 bridgehead atoms. The lowest BCUT2D eigenvalue weighted by Crippen LogP contribution is -2.16. The van der Waals surface area contributed by atoms with Crippen molar-refractivity contribution in [3.8, 4) is 5.75 Å². The smallest absolute Gasteiger partial charge is 0.234 e. The Bertz CT molecular complexity index is 1090. The fraction of sp³-hybridized carbons (Fsp3) is 0.227. The molecule has 2 aromatic carbocycles. The summed E-state index contributed by atoms with van der Waals surface area (Å²) in [5.74, 6) is 1.35. The minimum atomic E-state index is -0.331. The van der Waals surface area contributed by atoms with Crippen LogP contribution in [0.2, 0.25) is 10.0 Å². The molecule has 0 aliphatic rings. The molecule has 0 aliphatic heterocycles. The minimum Gasteiger partial charge on any atom is -0.482 e. The largest absolute Gasteiger partial charge is 0.482 e. The Balaban J connectivity index is 1.69. The van der Waals surface area contributed by atoms with Crippen molar-refractivity contribution in [2.24, 2.45) is 0 Å². The van der Waals surface area contributed by atoms with Gasteiger partial charge < -0.3 is 10.1 Å². The molecule has 162 valence electrons. The molecule has 0 aliphatic carbocycles. The van der Waals surface area contributed by atoms with E-state index in [0.29, 0.717) is 33.3 Å². The van der Waals surface area contributed by atoms with E-state index in [2.05, 4.69) is 22.1 Å². The lowest BCUT2D eigenvalue weighted by molar-refractivity contribution is -0.113. The van der Waals surface area contributed by atoms with Gasteiger partial charge in [0.25, 0.3) is 0 Å². The number of carbonyl (C=O) groups is 1. The molecular weight excluding hydrogens is 455 g/mol. The molecule has 1 amide bonds. The molecule has 6 nitrogen and oxygen atoms in total. The molecule has 3 rings (SSSR count). The van der Waals surface area contributed by atoms with Crippen LogP contribution in [-0.4, -0.2) is 26.4 Å². The Morgan fingerprint density at radius 2 is 2.03 bits per heavy atom. The standard InChI is InChI=1S/C22H22Cl2N4O2S/c1-4-12-28-21(15(3)30-18-11-6-5-8-14(18)2)26-27-22(28)31-13-19(29)25-17-10-7-9-16(23)20(17)24/h4-11,15H,1,12-13H2,2-3H3,(H,25,29). The average Bonchev–Trinajstić information content (AvgIpc) is 3.14. The number of allylic oxidation sites excluding steroid dienone is 1. The van der Waals surface area contributed by atoms with Gasteiger partial charge in [-0.3, -0.25) is 9.36 Å². The van der Waals surface area contributed by atoms with Gasteiger partial charge in [-0.05, 0) is 37.6 Å². The summed E-state index contributed by atoms with van der Waals surface area (Å²) >= 11 is 13.4. The fourth-order valence-electron chi connectivity index (χ4n) is 2.86. The number of hydrogen-bond donors (Lipinski definition) is 1. The van der Waals surface area contributed by atoms with E-state index in [1.165, 1.54) is 11.8 Å². The Kier molecular flexibility index (Phi) is 8.01. The Morgan fingerprint density at radius 1 is 1.26 bits per heavy atom. The van der Waals surface area contributed by atoms with Crippen LogP contribution in [0.1, 0.15) is 24.4 Å². The van der Waals surface area contributed by atoms with Crippen LogP contribution in [0.5, 0.6) is 5.75 Å². The molecule has 1 aromatic heterocycles. The molecular formula is C22H22Cl2N4O2S. The van der Waals surface area contributed by atoms with Crippen molar-refractivity contribution < 1.29 is 9.53 Å². The van der Waals surface area contributed by atoms with Crippen LogP contribution in [0.4, 0.5) is 5.69 Å². The predicted molar refractivity (Wildman–Crippen MR) is 126 cm³/mol. The number of aromatic nitrogens is 3. The van der Waals surface area contributed by atoms with E-state index in [-0.39, 0.29) is 17.8 Å². The second-order valence-corrected chi connectivity index (χ2v) is 8.43. The molecule has 9 heteroatoms. The van der Waals surface area contributed by atoms with Crippen LogP contribution in [0.25, 0.3) is 0 Å². The Hall–Kier alpha value is -2.48. The van der Waals surface area contributed by atoms with Crippen LogP contribution in [0.15, 0.2) is 60.3 Å². The molecule has 31 heavy (non-hydrogen) atoms. The van der Waals surface area contributed by atoms with Crippen molar-refractivity contribution in [2.45, 2.75) is 31.7 Å². The van der Waals surface area contributed by atoms with Gasteiger partial charge in [0.2, 0.25) is 5.91 Å². The Morgan fingerprint density at radius 3 is 2.77 bits per heavy atom. The summed E-state index contributed by atoms with van der Waals surface area (Å²) < 4.78 is 7.98. The van der Waals surface area contributed by atoms with Gasteiger partial charge in [-0.15, -0.1) is 16.8 Å². The number of nitrogens with one attached hydrogen (secondary N) is 1. The first-order valence-electron chi connectivity index (χ1n) is 9.53. The first kappa shape index (κ1) is 23.2. The van der Waals surface area contributed by atoms with Crippen LogP contribution in [0.3, 0.4) is 0 Å². The average molecular weight is 477 g/mol. The van der Waals surface area contributed by atoms with Crippen molar-refractivity contribution in [1.82, 2.24) is 14.8 Å². The molecule has 0 saturated carbocycles. The van der Waals surface area contributed by atoms with Crippen molar-refractivity contribution >= 4 is 46.6 Å². The summed E-state index contributed by atoms with van der Waals surface area (Å²) in [7, 11) is 0. The molecule has 0 fully saturated rings. The van der Waals surface area contributed by atoms with Crippen LogP contribution in [0, 0.1) is 6.92 Å². The molecule has 1 unspecified atom stereocenters. The number of aryl methyl sites for hydroxylation is 1. The van der Waals surface area contributed by atoms with E-state index >= 15 is 0 Å². The van der Waals surface area contributed by atoms with Crippen molar-refractivity contribution in [3.63, 3.8) is 0 Å². The molecule has 1 atom stereocenters. The number of anilines is 1. The van der Waals surface area contributed by atoms with E-state index in [1.807, 2.05) is 42.7 Å². The highest BCUT2D eigenvalue weighted by Gasteiger charge is 2.20. The van der Waals surface area contributed by atoms with Crippen molar-refractivity contribution in [2.75, 3.05) is 11.1 Å². The summed E-state index contributed by atoms with van der Waals surface area (Å²) in [6, 6.07) is 12.9. The topological polar surface area (TPSA) is 69.0 Å². The summed E-state index contributed by atoms with van der Waals surface area (Å²) in [6.07, 6.45) is 1.42. The van der Waals surface area contributed by atoms with Gasteiger partial charge in [0, 0.05) is 6.54 Å². The summed E-state index contributed by atoms with van der Waals surface area (Å²) in [4.78, 5) is 12.4. The number of carbonyl (C=O) groups excluding carboxylic acids is 1. The number of amides is 1. The third kappa shape index (κ3) is 5.81. The van der Waals surface area contributed by atoms with Crippen molar-refractivity contribution in [3.05, 3.63) is 76.6 Å². The number of ether oxygens (including phenoxy) is 1. The zero-order valence-electron chi connectivity index (χ0n) is 17.1. The predicted octanol–water partition coefficient (Wildman–Crippen LogP) is 5.95. The van der Waals surface area contributed by atoms with Gasteiger partial charge >= 0.3 is 0 Å². The van der Waals surface area contributed by atoms with Crippen LogP contribution >= 0.6 is 35.0 Å². The summed E-state index contributed by atoms with van der Waals surface area (Å²) in [5, 5.41) is 12.6. The quantitative estimate of drug-likeness (QED) is 0.305. The molecule has 0 saturated heterocycles. The third-order valence-corrected chi connectivity index (χ3v) is 6.16. The van der Waals surface area contributed by atoms with Crippen LogP contribution < -0.4 is 10.1 Å².